The third-order valence-electron chi connectivity index (χ3n) is 11.5. The third kappa shape index (κ3) is 5.74. The summed E-state index contributed by atoms with van der Waals surface area (Å²) in [6.45, 7) is 0. The van der Waals surface area contributed by atoms with Crippen LogP contribution in [-0.4, -0.2) is 4.57 Å². The summed E-state index contributed by atoms with van der Waals surface area (Å²) in [7, 11) is 0. The van der Waals surface area contributed by atoms with Crippen molar-refractivity contribution < 1.29 is 0 Å². The molecule has 0 unspecified atom stereocenters. The van der Waals surface area contributed by atoms with E-state index in [0.717, 1.165) is 28.3 Å². The van der Waals surface area contributed by atoms with Crippen molar-refractivity contribution >= 4 is 60.4 Å². The predicted molar refractivity (Wildman–Crippen MR) is 247 cm³/mol. The van der Waals surface area contributed by atoms with Gasteiger partial charge < -0.3 is 9.47 Å². The Hall–Kier alpha value is -7.68. The monoisotopic (exact) mass is 738 g/mol. The van der Waals surface area contributed by atoms with E-state index in [1.165, 1.54) is 71.2 Å². The van der Waals surface area contributed by atoms with Crippen molar-refractivity contribution in [1.29, 1.82) is 0 Å². The maximum absolute atomic E-state index is 2.44. The summed E-state index contributed by atoms with van der Waals surface area (Å²) in [5.74, 6) is 0. The molecular weight excluding hydrogens is 701 g/mol. The number of nitrogens with zero attached hydrogens (tertiary/aromatic N) is 2. The Morgan fingerprint density at radius 2 is 0.931 bits per heavy atom. The molecule has 2 heteroatoms. The first-order valence-corrected chi connectivity index (χ1v) is 19.9. The van der Waals surface area contributed by atoms with E-state index in [4.69, 9.17) is 0 Å². The van der Waals surface area contributed by atoms with Gasteiger partial charge >= 0.3 is 0 Å². The fourth-order valence-electron chi connectivity index (χ4n) is 8.89. The maximum atomic E-state index is 2.44. The average molecular weight is 739 g/mol. The van der Waals surface area contributed by atoms with Gasteiger partial charge in [0.2, 0.25) is 0 Å². The fourth-order valence-corrected chi connectivity index (χ4v) is 8.89. The minimum absolute atomic E-state index is 1.09. The Balaban J connectivity index is 1.18. The Labute approximate surface area is 338 Å². The van der Waals surface area contributed by atoms with Crippen molar-refractivity contribution in [2.75, 3.05) is 4.90 Å². The van der Waals surface area contributed by atoms with Gasteiger partial charge in [0.15, 0.2) is 0 Å². The van der Waals surface area contributed by atoms with Gasteiger partial charge in [-0.05, 0) is 110 Å². The molecule has 0 radical (unpaired) electrons. The first-order valence-electron chi connectivity index (χ1n) is 19.9. The lowest BCUT2D eigenvalue weighted by atomic mass is 9.93. The zero-order valence-electron chi connectivity index (χ0n) is 31.8. The topological polar surface area (TPSA) is 8.17 Å². The van der Waals surface area contributed by atoms with Crippen molar-refractivity contribution in [2.45, 2.75) is 0 Å². The fraction of sp³-hybridized carbons (Fsp3) is 0. The van der Waals surface area contributed by atoms with Gasteiger partial charge in [-0.1, -0.05) is 170 Å². The first-order chi connectivity index (χ1) is 28.8. The van der Waals surface area contributed by atoms with Gasteiger partial charge in [-0.2, -0.15) is 0 Å². The number of para-hydroxylation sites is 3. The van der Waals surface area contributed by atoms with E-state index >= 15 is 0 Å². The number of hydrogen-bond acceptors (Lipinski definition) is 1. The Morgan fingerprint density at radius 1 is 0.310 bits per heavy atom. The second-order valence-corrected chi connectivity index (χ2v) is 14.9. The van der Waals surface area contributed by atoms with Crippen LogP contribution in [0.1, 0.15) is 0 Å². The van der Waals surface area contributed by atoms with Crippen molar-refractivity contribution in [1.82, 2.24) is 4.57 Å². The predicted octanol–water partition coefficient (Wildman–Crippen LogP) is 15.6. The number of aromatic nitrogens is 1. The highest BCUT2D eigenvalue weighted by Gasteiger charge is 2.21. The zero-order chi connectivity index (χ0) is 38.4. The normalized spacial score (nSPS) is 11.4. The van der Waals surface area contributed by atoms with Gasteiger partial charge in [-0.3, -0.25) is 0 Å². The van der Waals surface area contributed by atoms with E-state index in [1.54, 1.807) is 0 Å². The number of benzene rings is 10. The molecule has 0 amide bonds. The van der Waals surface area contributed by atoms with E-state index < -0.39 is 0 Å². The molecule has 0 aliphatic carbocycles. The quantitative estimate of drug-likeness (QED) is 0.148. The molecule has 0 saturated carbocycles. The Bertz CT molecular complexity index is 3270. The molecule has 0 aliphatic rings. The first kappa shape index (κ1) is 33.6. The summed E-state index contributed by atoms with van der Waals surface area (Å²) in [6.07, 6.45) is 0. The second kappa shape index (κ2) is 14.1. The molecule has 0 atom stereocenters. The molecule has 11 rings (SSSR count). The van der Waals surface area contributed by atoms with E-state index in [0.29, 0.717) is 0 Å². The van der Waals surface area contributed by atoms with Crippen molar-refractivity contribution in [3.8, 4) is 39.1 Å². The van der Waals surface area contributed by atoms with Crippen molar-refractivity contribution in [3.63, 3.8) is 0 Å². The molecule has 0 N–H and O–H groups in total. The summed E-state index contributed by atoms with van der Waals surface area (Å²) in [6, 6.07) is 83.8. The van der Waals surface area contributed by atoms with Crippen molar-refractivity contribution in [3.05, 3.63) is 231 Å². The summed E-state index contributed by atoms with van der Waals surface area (Å²) >= 11 is 0. The van der Waals surface area contributed by atoms with E-state index in [1.807, 2.05) is 0 Å². The molecule has 10 aromatic carbocycles. The van der Waals surface area contributed by atoms with E-state index in [9.17, 15) is 0 Å². The van der Waals surface area contributed by atoms with Gasteiger partial charge in [0.25, 0.3) is 0 Å². The molecule has 1 heterocycles. The van der Waals surface area contributed by atoms with Crippen molar-refractivity contribution in [2.24, 2.45) is 0 Å². The third-order valence-corrected chi connectivity index (χ3v) is 11.5. The van der Waals surface area contributed by atoms with Crippen LogP contribution in [0, 0.1) is 0 Å². The SMILES string of the molecule is c1ccc(-c2cc(-c3cccc(N(c4ccc5c(ccc6ccccc65)c4)c4ccccc4-c4ccccc4)c3)c3c4ccccc4n(-c4ccccc4)c3c2)cc1. The summed E-state index contributed by atoms with van der Waals surface area (Å²) in [5, 5.41) is 7.45. The molecule has 2 nitrogen and oxygen atoms in total. The van der Waals surface area contributed by atoms with Crippen LogP contribution in [0.3, 0.4) is 0 Å². The molecule has 11 aromatic rings. The number of hydrogen-bond donors (Lipinski definition) is 0. The highest BCUT2D eigenvalue weighted by Crippen LogP contribution is 2.46. The standard InChI is InChI=1S/C56H38N2/c1-4-17-39(18-5-1)44-37-52(56-51-28-13-15-30-54(51)58(55(56)38-44)45-23-8-3-9-24-45)42-22-16-25-46(35-42)57(53-29-14-12-27-50(53)40-19-6-2-7-20-40)47-33-34-49-43(36-47)32-31-41-21-10-11-26-48(41)49/h1-38H. The summed E-state index contributed by atoms with van der Waals surface area (Å²) in [5.41, 5.74) is 13.9. The average Bonchev–Trinajstić information content (AvgIpc) is 3.64. The van der Waals surface area contributed by atoms with Crippen LogP contribution in [0.5, 0.6) is 0 Å². The Morgan fingerprint density at radius 3 is 1.76 bits per heavy atom. The van der Waals surface area contributed by atoms with Crippen LogP contribution >= 0.6 is 0 Å². The molecule has 58 heavy (non-hydrogen) atoms. The zero-order valence-corrected chi connectivity index (χ0v) is 31.8. The summed E-state index contributed by atoms with van der Waals surface area (Å²) < 4.78 is 2.42. The molecule has 0 spiro atoms. The van der Waals surface area contributed by atoms with Crippen LogP contribution in [-0.2, 0) is 0 Å². The lowest BCUT2D eigenvalue weighted by Crippen LogP contribution is -2.11. The molecule has 1 aromatic heterocycles. The van der Waals surface area contributed by atoms with E-state index in [-0.39, 0.29) is 0 Å². The number of rotatable bonds is 7. The van der Waals surface area contributed by atoms with E-state index in [2.05, 4.69) is 240 Å². The second-order valence-electron chi connectivity index (χ2n) is 14.9. The van der Waals surface area contributed by atoms with Gasteiger partial charge in [0.1, 0.15) is 0 Å². The minimum Gasteiger partial charge on any atom is -0.310 e. The van der Waals surface area contributed by atoms with Gasteiger partial charge in [-0.25, -0.2) is 0 Å². The highest BCUT2D eigenvalue weighted by atomic mass is 15.1. The minimum atomic E-state index is 1.09. The van der Waals surface area contributed by atoms with Gasteiger partial charge in [-0.15, -0.1) is 0 Å². The number of fused-ring (bicyclic) bond motifs is 6. The lowest BCUT2D eigenvalue weighted by Gasteiger charge is -2.29. The molecular formula is C56H38N2. The molecule has 0 saturated heterocycles. The molecule has 0 bridgehead atoms. The molecule has 0 aliphatic heterocycles. The largest absolute Gasteiger partial charge is 0.310 e. The van der Waals surface area contributed by atoms with Crippen LogP contribution in [0.4, 0.5) is 17.1 Å². The molecule has 0 fully saturated rings. The van der Waals surface area contributed by atoms with Crippen LogP contribution in [0.2, 0.25) is 0 Å². The molecule has 272 valence electrons. The van der Waals surface area contributed by atoms with Crippen LogP contribution in [0.15, 0.2) is 231 Å². The van der Waals surface area contributed by atoms with Crippen LogP contribution in [0.25, 0.3) is 82.4 Å². The Kier molecular flexibility index (Phi) is 8.19. The smallest absolute Gasteiger partial charge is 0.0553 e. The maximum Gasteiger partial charge on any atom is 0.0553 e. The highest BCUT2D eigenvalue weighted by molar-refractivity contribution is 6.17. The number of anilines is 3. The van der Waals surface area contributed by atoms with Gasteiger partial charge in [0.05, 0.1) is 16.7 Å². The van der Waals surface area contributed by atoms with Gasteiger partial charge in [0, 0.05) is 33.4 Å². The lowest BCUT2D eigenvalue weighted by molar-refractivity contribution is 1.18. The summed E-state index contributed by atoms with van der Waals surface area (Å²) in [4.78, 5) is 2.44. The van der Waals surface area contributed by atoms with Crippen LogP contribution < -0.4 is 4.90 Å².